The van der Waals surface area contributed by atoms with Gasteiger partial charge in [-0.05, 0) is 53.2 Å². The van der Waals surface area contributed by atoms with Gasteiger partial charge in [-0.15, -0.1) is 0 Å². The lowest BCUT2D eigenvalue weighted by Gasteiger charge is -2.18. The second-order valence-electron chi connectivity index (χ2n) is 5.74. The molecule has 0 aliphatic heterocycles. The molecule has 2 aromatic carbocycles. The summed E-state index contributed by atoms with van der Waals surface area (Å²) in [5.74, 6) is -2.93. The number of carbonyl (C=O) groups is 2. The molecule has 146 valence electrons. The summed E-state index contributed by atoms with van der Waals surface area (Å²) in [6.07, 6.45) is 0. The average molecular weight is 459 g/mol. The maximum absolute atomic E-state index is 9.10. The van der Waals surface area contributed by atoms with Gasteiger partial charge in [0.25, 0.3) is 0 Å². The predicted molar refractivity (Wildman–Crippen MR) is 107 cm³/mol. The third-order valence-electron chi connectivity index (χ3n) is 3.34. The lowest BCUT2D eigenvalue weighted by Crippen LogP contribution is -2.24. The van der Waals surface area contributed by atoms with E-state index >= 15 is 0 Å². The third-order valence-corrected chi connectivity index (χ3v) is 4.21. The van der Waals surface area contributed by atoms with Crippen LogP contribution in [0.2, 0.25) is 5.02 Å². The highest BCUT2D eigenvalue weighted by Gasteiger charge is 2.08. The van der Waals surface area contributed by atoms with Crippen LogP contribution in [-0.2, 0) is 16.1 Å². The first-order valence-corrected chi connectivity index (χ1v) is 9.15. The number of ether oxygens (including phenoxy) is 1. The van der Waals surface area contributed by atoms with Crippen LogP contribution in [0.1, 0.15) is 11.1 Å². The van der Waals surface area contributed by atoms with Gasteiger partial charge in [0.2, 0.25) is 0 Å². The van der Waals surface area contributed by atoms with Crippen molar-refractivity contribution in [1.29, 1.82) is 0 Å². The first kappa shape index (κ1) is 23.0. The van der Waals surface area contributed by atoms with Gasteiger partial charge >= 0.3 is 11.9 Å². The summed E-state index contributed by atoms with van der Waals surface area (Å²) in [6, 6.07) is 14.3. The third kappa shape index (κ3) is 8.90. The summed E-state index contributed by atoms with van der Waals surface area (Å²) < 4.78 is 6.71. The quantitative estimate of drug-likeness (QED) is 0.634. The van der Waals surface area contributed by atoms with E-state index in [4.69, 9.17) is 36.1 Å². The van der Waals surface area contributed by atoms with Gasteiger partial charge in [0, 0.05) is 13.1 Å². The van der Waals surface area contributed by atoms with Crippen LogP contribution in [0.25, 0.3) is 0 Å². The number of halogens is 2. The van der Waals surface area contributed by atoms with Gasteiger partial charge in [0.1, 0.15) is 6.61 Å². The summed E-state index contributed by atoms with van der Waals surface area (Å²) in [4.78, 5) is 20.4. The number of rotatable bonds is 6. The molecule has 0 saturated heterocycles. The Morgan fingerprint density at radius 1 is 1.15 bits per heavy atom. The highest BCUT2D eigenvalue weighted by Crippen LogP contribution is 2.34. The van der Waals surface area contributed by atoms with Crippen LogP contribution in [-0.4, -0.2) is 47.3 Å². The maximum atomic E-state index is 9.10. The fourth-order valence-electron chi connectivity index (χ4n) is 2.10. The van der Waals surface area contributed by atoms with Crippen LogP contribution in [0.5, 0.6) is 5.75 Å². The van der Waals surface area contributed by atoms with Gasteiger partial charge in [0.05, 0.1) is 9.50 Å². The lowest BCUT2D eigenvalue weighted by molar-refractivity contribution is -0.159. The number of benzene rings is 2. The highest BCUT2D eigenvalue weighted by molar-refractivity contribution is 9.10. The molecule has 0 aromatic heterocycles. The Hall–Kier alpha value is -2.09. The standard InChI is InChI=1S/C17H19BrClNO.C2H2O4/c1-13-10-15(18)17(16(19)11-13)21-9-8-20(2)12-14-6-4-3-5-7-14;3-1(4)2(5)6/h3-7,10-11H,8-9,12H2,1-2H3;(H,3,4)(H,5,6). The second kappa shape index (κ2) is 11.6. The fourth-order valence-corrected chi connectivity index (χ4v) is 3.23. The molecule has 0 atom stereocenters. The van der Waals surface area contributed by atoms with Crippen LogP contribution >= 0.6 is 27.5 Å². The molecule has 8 heteroatoms. The molecule has 6 nitrogen and oxygen atoms in total. The topological polar surface area (TPSA) is 87.1 Å². The number of carboxylic acids is 2. The van der Waals surface area contributed by atoms with Crippen LogP contribution in [0.3, 0.4) is 0 Å². The van der Waals surface area contributed by atoms with Crippen LogP contribution in [0.15, 0.2) is 46.9 Å². The minimum absolute atomic E-state index is 0.602. The van der Waals surface area contributed by atoms with Gasteiger partial charge < -0.3 is 14.9 Å². The molecular weight excluding hydrogens is 438 g/mol. The summed E-state index contributed by atoms with van der Waals surface area (Å²) >= 11 is 9.71. The molecule has 2 aromatic rings. The van der Waals surface area contributed by atoms with Crippen LogP contribution < -0.4 is 4.74 Å². The molecule has 0 heterocycles. The van der Waals surface area contributed by atoms with Crippen molar-refractivity contribution in [3.8, 4) is 5.75 Å². The lowest BCUT2D eigenvalue weighted by atomic mass is 10.2. The van der Waals surface area contributed by atoms with Crippen molar-refractivity contribution in [2.75, 3.05) is 20.2 Å². The number of hydrogen-bond donors (Lipinski definition) is 2. The van der Waals surface area contributed by atoms with E-state index in [1.54, 1.807) is 0 Å². The summed E-state index contributed by atoms with van der Waals surface area (Å²) in [5.41, 5.74) is 2.41. The first-order valence-electron chi connectivity index (χ1n) is 7.97. The van der Waals surface area contributed by atoms with Crippen molar-refractivity contribution in [3.63, 3.8) is 0 Å². The Balaban J connectivity index is 0.000000527. The van der Waals surface area contributed by atoms with E-state index in [1.807, 2.05) is 25.1 Å². The van der Waals surface area contributed by atoms with E-state index in [-0.39, 0.29) is 0 Å². The van der Waals surface area contributed by atoms with Gasteiger partial charge in [-0.25, -0.2) is 9.59 Å². The molecule has 0 saturated carbocycles. The van der Waals surface area contributed by atoms with E-state index < -0.39 is 11.9 Å². The summed E-state index contributed by atoms with van der Waals surface area (Å²) in [7, 11) is 2.09. The van der Waals surface area contributed by atoms with Gasteiger partial charge in [-0.3, -0.25) is 4.90 Å². The molecule has 0 radical (unpaired) electrons. The molecule has 2 rings (SSSR count). The monoisotopic (exact) mass is 457 g/mol. The molecule has 0 aliphatic rings. The Kier molecular flexibility index (Phi) is 9.85. The number of hydrogen-bond acceptors (Lipinski definition) is 4. The van der Waals surface area contributed by atoms with Gasteiger partial charge in [-0.2, -0.15) is 0 Å². The smallest absolute Gasteiger partial charge is 0.414 e. The van der Waals surface area contributed by atoms with Crippen molar-refractivity contribution >= 4 is 39.5 Å². The molecular formula is C19H21BrClNO5. The van der Waals surface area contributed by atoms with E-state index in [0.29, 0.717) is 11.6 Å². The molecule has 0 fully saturated rings. The number of carboxylic acid groups (broad SMARTS) is 2. The number of nitrogens with zero attached hydrogens (tertiary/aromatic N) is 1. The SMILES string of the molecule is Cc1cc(Cl)c(OCCN(C)Cc2ccccc2)c(Br)c1.O=C(O)C(=O)O. The Bertz CT molecular complexity index is 735. The number of aryl methyl sites for hydroxylation is 1. The fraction of sp³-hybridized carbons (Fsp3) is 0.263. The molecule has 2 N–H and O–H groups in total. The van der Waals surface area contributed by atoms with Crippen molar-refractivity contribution < 1.29 is 24.5 Å². The maximum Gasteiger partial charge on any atom is 0.414 e. The van der Waals surface area contributed by atoms with Crippen LogP contribution in [0.4, 0.5) is 0 Å². The molecule has 0 amide bonds. The van der Waals surface area contributed by atoms with E-state index in [2.05, 4.69) is 52.1 Å². The molecule has 0 spiro atoms. The molecule has 0 aliphatic carbocycles. The van der Waals surface area contributed by atoms with E-state index in [1.165, 1.54) is 5.56 Å². The first-order chi connectivity index (χ1) is 12.7. The molecule has 0 bridgehead atoms. The number of likely N-dealkylation sites (N-methyl/N-ethyl adjacent to an activating group) is 1. The van der Waals surface area contributed by atoms with Crippen molar-refractivity contribution in [1.82, 2.24) is 4.90 Å². The minimum Gasteiger partial charge on any atom is -0.490 e. The van der Waals surface area contributed by atoms with Crippen LogP contribution in [0, 0.1) is 6.92 Å². The minimum atomic E-state index is -1.82. The molecule has 0 unspecified atom stereocenters. The van der Waals surface area contributed by atoms with E-state index in [0.717, 1.165) is 28.9 Å². The predicted octanol–water partition coefficient (Wildman–Crippen LogP) is 4.08. The Labute approximate surface area is 171 Å². The van der Waals surface area contributed by atoms with Crippen molar-refractivity contribution in [2.24, 2.45) is 0 Å². The zero-order valence-corrected chi connectivity index (χ0v) is 17.3. The zero-order chi connectivity index (χ0) is 20.4. The average Bonchev–Trinajstić information content (AvgIpc) is 2.58. The Morgan fingerprint density at radius 2 is 1.74 bits per heavy atom. The highest BCUT2D eigenvalue weighted by atomic mass is 79.9. The molecule has 27 heavy (non-hydrogen) atoms. The Morgan fingerprint density at radius 3 is 2.26 bits per heavy atom. The number of aliphatic carboxylic acids is 2. The summed E-state index contributed by atoms with van der Waals surface area (Å²) in [5, 5.41) is 15.4. The zero-order valence-electron chi connectivity index (χ0n) is 15.0. The largest absolute Gasteiger partial charge is 0.490 e. The van der Waals surface area contributed by atoms with Crippen molar-refractivity contribution in [2.45, 2.75) is 13.5 Å². The summed E-state index contributed by atoms with van der Waals surface area (Å²) in [6.45, 7) is 4.36. The van der Waals surface area contributed by atoms with Crippen molar-refractivity contribution in [3.05, 3.63) is 63.1 Å². The van der Waals surface area contributed by atoms with E-state index in [9.17, 15) is 0 Å². The second-order valence-corrected chi connectivity index (χ2v) is 7.00. The van der Waals surface area contributed by atoms with Gasteiger partial charge in [-0.1, -0.05) is 41.9 Å². The van der Waals surface area contributed by atoms with Gasteiger partial charge in [0.15, 0.2) is 5.75 Å². The normalized spacial score (nSPS) is 10.1.